The summed E-state index contributed by atoms with van der Waals surface area (Å²) < 4.78 is 0. The monoisotopic (exact) mass is 860 g/mol. The number of phenolic OH excluding ortho intramolecular Hbond substituents is 1. The van der Waals surface area contributed by atoms with Crippen molar-refractivity contribution in [3.8, 4) is 5.75 Å². The molecule has 170 valence electrons. The molecule has 0 heterocycles. The van der Waals surface area contributed by atoms with Crippen LogP contribution in [-0.2, 0) is 0 Å². The summed E-state index contributed by atoms with van der Waals surface area (Å²) in [6.07, 6.45) is 3.92. The van der Waals surface area contributed by atoms with Crippen molar-refractivity contribution in [3.05, 3.63) is 53.6 Å². The van der Waals surface area contributed by atoms with Crippen LogP contribution in [0.15, 0.2) is 42.5 Å². The second kappa shape index (κ2) is 17.4. The first kappa shape index (κ1) is 33.1. The van der Waals surface area contributed by atoms with Crippen LogP contribution in [0.5, 0.6) is 5.75 Å². The molecule has 1 saturated carbocycles. The number of hydrogen-bond acceptors (Lipinski definition) is 1. The van der Waals surface area contributed by atoms with Crippen LogP contribution in [0.2, 0.25) is 0 Å². The van der Waals surface area contributed by atoms with Crippen LogP contribution in [0, 0.1) is 0 Å². The zero-order valence-electron chi connectivity index (χ0n) is 18.8. The summed E-state index contributed by atoms with van der Waals surface area (Å²) in [6, 6.07) is 14.8. The highest BCUT2D eigenvalue weighted by molar-refractivity contribution is 15.0. The number of hydrogen-bond donors (Lipinski definition) is 1. The Bertz CT molecular complexity index is 880. The Morgan fingerprint density at radius 1 is 0.767 bits per heavy atom. The molecule has 3 aromatic carbocycles. The third-order valence-electron chi connectivity index (χ3n) is 5.36. The third kappa shape index (κ3) is 6.71. The van der Waals surface area contributed by atoms with E-state index >= 15 is 0 Å². The van der Waals surface area contributed by atoms with E-state index < -0.39 is 0 Å². The SMILES string of the molecule is CC.CC.CC.I.I.II.Oc1cc2c(c3ccc4ccccc4c13)C1CCC2C1. The Labute approximate surface area is 240 Å². The van der Waals surface area contributed by atoms with Crippen LogP contribution >= 0.6 is 85.2 Å². The van der Waals surface area contributed by atoms with E-state index in [2.05, 4.69) is 73.6 Å². The minimum absolute atomic E-state index is 0. The molecule has 1 N–H and O–H groups in total. The predicted molar refractivity (Wildman–Crippen MR) is 175 cm³/mol. The minimum atomic E-state index is 0. The van der Waals surface area contributed by atoms with E-state index in [1.807, 2.05) is 47.6 Å². The van der Waals surface area contributed by atoms with Gasteiger partial charge >= 0.3 is 0 Å². The van der Waals surface area contributed by atoms with Gasteiger partial charge in [-0.25, -0.2) is 0 Å². The Hall–Kier alpha value is 0.900. The maximum absolute atomic E-state index is 10.6. The fourth-order valence-electron chi connectivity index (χ4n) is 4.54. The molecule has 0 aromatic heterocycles. The lowest BCUT2D eigenvalue weighted by Gasteiger charge is -2.19. The average molecular weight is 860 g/mol. The van der Waals surface area contributed by atoms with Gasteiger partial charge in [0.05, 0.1) is 0 Å². The van der Waals surface area contributed by atoms with E-state index in [0.29, 0.717) is 11.7 Å². The third-order valence-corrected chi connectivity index (χ3v) is 5.36. The van der Waals surface area contributed by atoms with Crippen LogP contribution in [0.3, 0.4) is 0 Å². The number of benzene rings is 3. The molecular formula is C25H36I4O. The Morgan fingerprint density at radius 3 is 1.97 bits per heavy atom. The number of halogens is 4. The molecule has 0 aliphatic heterocycles. The van der Waals surface area contributed by atoms with E-state index in [9.17, 15) is 5.11 Å². The standard InChI is InChI=1S/C19H16O.3C2H6.I2.2HI/c20-17-10-16-12-5-6-13(9-12)18(16)15-8-7-11-3-1-2-4-14(11)19(15)17;4*1-2;;/h1-4,7-8,10,12-13,20H,5-6,9H2;3*1-2H3;;2*1H. The number of rotatable bonds is 0. The van der Waals surface area contributed by atoms with Crippen LogP contribution in [0.25, 0.3) is 21.5 Å². The molecule has 0 saturated heterocycles. The molecule has 2 bridgehead atoms. The highest BCUT2D eigenvalue weighted by atomic mass is 128. The van der Waals surface area contributed by atoms with Gasteiger partial charge in [0.15, 0.2) is 0 Å². The van der Waals surface area contributed by atoms with Crippen molar-refractivity contribution in [2.24, 2.45) is 0 Å². The zero-order chi connectivity index (χ0) is 21.3. The fraction of sp³-hybridized carbons (Fsp3) is 0.440. The molecule has 3 aromatic rings. The summed E-state index contributed by atoms with van der Waals surface area (Å²) in [5, 5.41) is 15.3. The van der Waals surface area contributed by atoms with Crippen molar-refractivity contribution in [2.45, 2.75) is 72.6 Å². The maximum Gasteiger partial charge on any atom is 0.124 e. The van der Waals surface area contributed by atoms with Crippen molar-refractivity contribution in [3.63, 3.8) is 0 Å². The fourth-order valence-corrected chi connectivity index (χ4v) is 4.54. The molecule has 2 unspecified atom stereocenters. The first-order chi connectivity index (χ1) is 13.8. The lowest BCUT2D eigenvalue weighted by molar-refractivity contribution is 0.480. The van der Waals surface area contributed by atoms with E-state index in [4.69, 9.17) is 0 Å². The van der Waals surface area contributed by atoms with E-state index in [0.717, 1.165) is 11.3 Å². The first-order valence-corrected chi connectivity index (χ1v) is 16.9. The molecule has 2 aliphatic carbocycles. The van der Waals surface area contributed by atoms with Gasteiger partial charge in [-0.1, -0.05) is 77.9 Å². The van der Waals surface area contributed by atoms with Gasteiger partial charge < -0.3 is 5.11 Å². The molecule has 2 atom stereocenters. The van der Waals surface area contributed by atoms with Crippen LogP contribution < -0.4 is 0 Å². The molecule has 5 rings (SSSR count). The topological polar surface area (TPSA) is 20.2 Å². The maximum atomic E-state index is 10.6. The number of fused-ring (bicyclic) bond motifs is 9. The summed E-state index contributed by atoms with van der Waals surface area (Å²) >= 11 is 4.24. The van der Waals surface area contributed by atoms with Crippen LogP contribution in [0.4, 0.5) is 0 Å². The molecule has 0 radical (unpaired) electrons. The van der Waals surface area contributed by atoms with Gasteiger partial charge in [-0.3, -0.25) is 0 Å². The Balaban J connectivity index is 0. The van der Waals surface area contributed by atoms with E-state index in [-0.39, 0.29) is 48.0 Å². The zero-order valence-corrected chi connectivity index (χ0v) is 27.8. The Kier molecular flexibility index (Phi) is 19.2. The molecule has 30 heavy (non-hydrogen) atoms. The predicted octanol–water partition coefficient (Wildman–Crippen LogP) is 11.1. The molecule has 5 heteroatoms. The van der Waals surface area contributed by atoms with Crippen molar-refractivity contribution >= 4 is 107 Å². The normalized spacial score (nSPS) is 16.5. The van der Waals surface area contributed by atoms with Gasteiger partial charge in [-0.05, 0) is 64.5 Å². The van der Waals surface area contributed by atoms with E-state index in [1.54, 1.807) is 0 Å². The highest BCUT2D eigenvalue weighted by Gasteiger charge is 2.38. The average Bonchev–Trinajstić information content (AvgIpc) is 3.41. The molecule has 2 aliphatic rings. The van der Waals surface area contributed by atoms with Gasteiger partial charge in [-0.2, -0.15) is 0 Å². The molecule has 0 amide bonds. The summed E-state index contributed by atoms with van der Waals surface area (Å²) in [7, 11) is 0. The molecule has 1 nitrogen and oxygen atoms in total. The summed E-state index contributed by atoms with van der Waals surface area (Å²) in [5.41, 5.74) is 2.95. The molecule has 0 spiro atoms. The largest absolute Gasteiger partial charge is 0.507 e. The van der Waals surface area contributed by atoms with Crippen LogP contribution in [-0.4, -0.2) is 5.11 Å². The van der Waals surface area contributed by atoms with Crippen molar-refractivity contribution in [2.75, 3.05) is 0 Å². The van der Waals surface area contributed by atoms with Gasteiger partial charge in [0.1, 0.15) is 5.75 Å². The highest BCUT2D eigenvalue weighted by Crippen LogP contribution is 2.56. The van der Waals surface area contributed by atoms with Gasteiger partial charge in [0.25, 0.3) is 0 Å². The lowest BCUT2D eigenvalue weighted by Crippen LogP contribution is -1.99. The molecular weight excluding hydrogens is 824 g/mol. The first-order valence-electron chi connectivity index (χ1n) is 10.6. The smallest absolute Gasteiger partial charge is 0.124 e. The van der Waals surface area contributed by atoms with Crippen LogP contribution in [0.1, 0.15) is 83.8 Å². The number of aromatic hydroxyl groups is 1. The minimum Gasteiger partial charge on any atom is -0.507 e. The van der Waals surface area contributed by atoms with Crippen molar-refractivity contribution < 1.29 is 5.11 Å². The second-order valence-electron chi connectivity index (χ2n) is 6.31. The summed E-state index contributed by atoms with van der Waals surface area (Å²) in [4.78, 5) is 0. The van der Waals surface area contributed by atoms with Gasteiger partial charge in [0, 0.05) is 42.6 Å². The summed E-state index contributed by atoms with van der Waals surface area (Å²) in [6.45, 7) is 12.0. The Morgan fingerprint density at radius 2 is 1.33 bits per heavy atom. The van der Waals surface area contributed by atoms with E-state index in [1.165, 1.54) is 46.5 Å². The van der Waals surface area contributed by atoms with Crippen molar-refractivity contribution in [1.29, 1.82) is 0 Å². The second-order valence-corrected chi connectivity index (χ2v) is 6.31. The van der Waals surface area contributed by atoms with Gasteiger partial charge in [-0.15, -0.1) is 48.0 Å². The lowest BCUT2D eigenvalue weighted by atomic mass is 9.86. The van der Waals surface area contributed by atoms with Crippen molar-refractivity contribution in [1.82, 2.24) is 0 Å². The molecule has 1 fully saturated rings. The summed E-state index contributed by atoms with van der Waals surface area (Å²) in [5.74, 6) is 1.87. The number of phenols is 1. The van der Waals surface area contributed by atoms with Gasteiger partial charge in [0.2, 0.25) is 0 Å². The quantitative estimate of drug-likeness (QED) is 0.176.